The molecule has 0 bridgehead atoms. The third-order valence-electron chi connectivity index (χ3n) is 5.68. The number of benzene rings is 1. The fourth-order valence-corrected chi connectivity index (χ4v) is 4.08. The Bertz CT molecular complexity index is 1210. The molecular formula is C22H23F3N6O2. The number of anilines is 2. The highest BCUT2D eigenvalue weighted by molar-refractivity contribution is 5.91. The van der Waals surface area contributed by atoms with Crippen molar-refractivity contribution in [2.75, 3.05) is 25.1 Å². The lowest BCUT2D eigenvalue weighted by Crippen LogP contribution is -2.33. The van der Waals surface area contributed by atoms with E-state index in [0.717, 1.165) is 0 Å². The summed E-state index contributed by atoms with van der Waals surface area (Å²) in [6.45, 7) is 2.56. The van der Waals surface area contributed by atoms with Crippen LogP contribution in [-0.4, -0.2) is 40.7 Å². The highest BCUT2D eigenvalue weighted by Crippen LogP contribution is 2.34. The van der Waals surface area contributed by atoms with E-state index in [9.17, 15) is 23.2 Å². The summed E-state index contributed by atoms with van der Waals surface area (Å²) in [4.78, 5) is 15.2. The van der Waals surface area contributed by atoms with E-state index in [0.29, 0.717) is 36.2 Å². The predicted octanol–water partition coefficient (Wildman–Crippen LogP) is 3.78. The lowest BCUT2D eigenvalue weighted by Gasteiger charge is -2.27. The number of fused-ring (bicyclic) bond motifs is 1. The van der Waals surface area contributed by atoms with Crippen molar-refractivity contribution in [3.63, 3.8) is 0 Å². The van der Waals surface area contributed by atoms with Gasteiger partial charge in [0.2, 0.25) is 0 Å². The summed E-state index contributed by atoms with van der Waals surface area (Å²) in [5, 5.41) is 19.9. The fraction of sp³-hybridized carbons (Fsp3) is 0.409. The van der Waals surface area contributed by atoms with E-state index in [-0.39, 0.29) is 35.4 Å². The van der Waals surface area contributed by atoms with Crippen LogP contribution in [0.5, 0.6) is 0 Å². The van der Waals surface area contributed by atoms with Crippen molar-refractivity contribution in [3.05, 3.63) is 52.4 Å². The Balaban J connectivity index is 1.68. The summed E-state index contributed by atoms with van der Waals surface area (Å²) in [5.41, 5.74) is 0.729. The highest BCUT2D eigenvalue weighted by atomic mass is 19.4. The minimum atomic E-state index is -4.42. The van der Waals surface area contributed by atoms with E-state index in [2.05, 4.69) is 26.8 Å². The molecule has 1 fully saturated rings. The van der Waals surface area contributed by atoms with E-state index in [1.54, 1.807) is 17.7 Å². The quantitative estimate of drug-likeness (QED) is 0.517. The van der Waals surface area contributed by atoms with Gasteiger partial charge in [0, 0.05) is 18.5 Å². The molecule has 3 aromatic rings. The summed E-state index contributed by atoms with van der Waals surface area (Å²) in [6.07, 6.45) is -2.36. The summed E-state index contributed by atoms with van der Waals surface area (Å²) in [5.74, 6) is -0.0699. The summed E-state index contributed by atoms with van der Waals surface area (Å²) in [6, 6.07) is 7.64. The predicted molar refractivity (Wildman–Crippen MR) is 116 cm³/mol. The van der Waals surface area contributed by atoms with Crippen molar-refractivity contribution >= 4 is 22.4 Å². The average Bonchev–Trinajstić information content (AvgIpc) is 3.16. The first kappa shape index (κ1) is 22.8. The summed E-state index contributed by atoms with van der Waals surface area (Å²) in [7, 11) is 0. The Morgan fingerprint density at radius 1 is 1.33 bits per heavy atom. The first-order chi connectivity index (χ1) is 15.8. The number of aromatic amines is 1. The second-order valence-electron chi connectivity index (χ2n) is 7.81. The number of hydrogen-bond donors (Lipinski definition) is 3. The molecule has 2 aromatic heterocycles. The Morgan fingerprint density at radius 3 is 2.76 bits per heavy atom. The zero-order valence-corrected chi connectivity index (χ0v) is 17.8. The van der Waals surface area contributed by atoms with Crippen LogP contribution in [0.2, 0.25) is 0 Å². The van der Waals surface area contributed by atoms with Gasteiger partial charge in [-0.25, -0.2) is 0 Å². The molecule has 1 saturated heterocycles. The number of alkyl halides is 3. The zero-order valence-electron chi connectivity index (χ0n) is 17.8. The van der Waals surface area contributed by atoms with E-state index in [1.165, 1.54) is 30.5 Å². The molecule has 8 nitrogen and oxygen atoms in total. The molecule has 0 aliphatic carbocycles. The molecule has 0 saturated carbocycles. The second-order valence-corrected chi connectivity index (χ2v) is 7.81. The maximum atomic E-state index is 13.3. The van der Waals surface area contributed by atoms with Crippen molar-refractivity contribution in [3.8, 4) is 6.07 Å². The Morgan fingerprint density at radius 2 is 2.09 bits per heavy atom. The minimum Gasteiger partial charge on any atom is -0.379 e. The average molecular weight is 460 g/mol. The van der Waals surface area contributed by atoms with Crippen LogP contribution in [0, 0.1) is 17.2 Å². The van der Waals surface area contributed by atoms with Crippen LogP contribution in [0.1, 0.15) is 31.0 Å². The Kier molecular flexibility index (Phi) is 6.40. The SMILES string of the molecule is CCNC(c1ccc(Nc2nn(C3COCCC3C#N)c3cc[nH]c(=O)c23)cc1)C(F)(F)F. The molecule has 174 valence electrons. The number of H-pyrrole nitrogens is 1. The van der Waals surface area contributed by atoms with E-state index >= 15 is 0 Å². The molecule has 33 heavy (non-hydrogen) atoms. The van der Waals surface area contributed by atoms with Crippen molar-refractivity contribution < 1.29 is 17.9 Å². The Hall–Kier alpha value is -3.36. The van der Waals surface area contributed by atoms with Gasteiger partial charge in [-0.1, -0.05) is 19.1 Å². The van der Waals surface area contributed by atoms with E-state index < -0.39 is 12.2 Å². The number of nitriles is 1. The molecule has 4 rings (SSSR count). The van der Waals surface area contributed by atoms with Crippen LogP contribution < -0.4 is 16.2 Å². The van der Waals surface area contributed by atoms with Gasteiger partial charge in [-0.3, -0.25) is 9.48 Å². The fourth-order valence-electron chi connectivity index (χ4n) is 4.08. The third-order valence-corrected chi connectivity index (χ3v) is 5.68. The molecule has 0 radical (unpaired) electrons. The molecule has 1 aromatic carbocycles. The Labute approximate surface area is 187 Å². The van der Waals surface area contributed by atoms with Gasteiger partial charge in [-0.2, -0.15) is 23.5 Å². The second kappa shape index (κ2) is 9.25. The smallest absolute Gasteiger partial charge is 0.379 e. The first-order valence-electron chi connectivity index (χ1n) is 10.6. The van der Waals surface area contributed by atoms with Gasteiger partial charge in [0.05, 0.1) is 30.2 Å². The van der Waals surface area contributed by atoms with Gasteiger partial charge >= 0.3 is 6.18 Å². The number of nitrogens with zero attached hydrogens (tertiary/aromatic N) is 3. The van der Waals surface area contributed by atoms with Crippen LogP contribution in [0.25, 0.3) is 10.9 Å². The molecule has 0 spiro atoms. The standard InChI is InChI=1S/C22H23F3N6O2/c1-2-27-19(22(23,24)25)13-3-5-15(6-4-13)29-20-18-16(7-9-28-21(18)32)31(30-20)17-12-33-10-8-14(17)11-26/h3-7,9,14,17,19,27H,2,8,10,12H2,1H3,(H,28,32)(H,29,30). The van der Waals surface area contributed by atoms with Crippen LogP contribution >= 0.6 is 0 Å². The first-order valence-corrected chi connectivity index (χ1v) is 10.6. The molecule has 1 aliphatic rings. The summed E-state index contributed by atoms with van der Waals surface area (Å²) >= 11 is 0. The van der Waals surface area contributed by atoms with Crippen LogP contribution in [-0.2, 0) is 4.74 Å². The maximum Gasteiger partial charge on any atom is 0.407 e. The van der Waals surface area contributed by atoms with Gasteiger partial charge in [-0.15, -0.1) is 0 Å². The number of halogens is 3. The van der Waals surface area contributed by atoms with Crippen LogP contribution in [0.15, 0.2) is 41.3 Å². The van der Waals surface area contributed by atoms with Gasteiger partial charge in [-0.05, 0) is 36.7 Å². The number of nitrogens with one attached hydrogen (secondary N) is 3. The van der Waals surface area contributed by atoms with Gasteiger partial charge in [0.1, 0.15) is 11.4 Å². The number of aromatic nitrogens is 3. The van der Waals surface area contributed by atoms with Gasteiger partial charge < -0.3 is 20.4 Å². The lowest BCUT2D eigenvalue weighted by molar-refractivity contribution is -0.157. The number of rotatable bonds is 6. The summed E-state index contributed by atoms with van der Waals surface area (Å²) < 4.78 is 47.2. The van der Waals surface area contributed by atoms with Gasteiger partial charge in [0.25, 0.3) is 5.56 Å². The molecule has 11 heteroatoms. The van der Waals surface area contributed by atoms with Crippen molar-refractivity contribution in [2.45, 2.75) is 31.6 Å². The third kappa shape index (κ3) is 4.58. The number of ether oxygens (including phenoxy) is 1. The molecule has 3 atom stereocenters. The molecular weight excluding hydrogens is 437 g/mol. The van der Waals surface area contributed by atoms with Crippen molar-refractivity contribution in [2.24, 2.45) is 5.92 Å². The monoisotopic (exact) mass is 460 g/mol. The normalized spacial score (nSPS) is 19.8. The van der Waals surface area contributed by atoms with E-state index in [4.69, 9.17) is 4.74 Å². The molecule has 1 aliphatic heterocycles. The molecule has 0 amide bonds. The van der Waals surface area contributed by atoms with Crippen LogP contribution in [0.4, 0.5) is 24.7 Å². The van der Waals surface area contributed by atoms with Gasteiger partial charge in [0.15, 0.2) is 5.82 Å². The van der Waals surface area contributed by atoms with Crippen molar-refractivity contribution in [1.29, 1.82) is 5.26 Å². The number of hydrogen-bond acceptors (Lipinski definition) is 6. The van der Waals surface area contributed by atoms with E-state index in [1.807, 2.05) is 0 Å². The lowest BCUT2D eigenvalue weighted by atomic mass is 9.96. The molecule has 3 N–H and O–H groups in total. The molecule has 3 heterocycles. The minimum absolute atomic E-state index is 0.0827. The van der Waals surface area contributed by atoms with Crippen LogP contribution in [0.3, 0.4) is 0 Å². The topological polar surface area (TPSA) is 108 Å². The highest BCUT2D eigenvalue weighted by Gasteiger charge is 2.40. The maximum absolute atomic E-state index is 13.3. The number of pyridine rings is 1. The zero-order chi connectivity index (χ0) is 23.6. The largest absolute Gasteiger partial charge is 0.407 e. The van der Waals surface area contributed by atoms with Crippen molar-refractivity contribution in [1.82, 2.24) is 20.1 Å². The molecule has 3 unspecified atom stereocenters.